The molecule has 0 saturated carbocycles. The number of methoxy groups -OCH3 is 1. The quantitative estimate of drug-likeness (QED) is 0.614. The smallest absolute Gasteiger partial charge is 0.373 e. The molecule has 0 bridgehead atoms. The van der Waals surface area contributed by atoms with Crippen molar-refractivity contribution >= 4 is 17.7 Å². The number of rotatable bonds is 4. The molecule has 0 saturated heterocycles. The molecule has 1 aromatic carbocycles. The van der Waals surface area contributed by atoms with E-state index in [0.717, 1.165) is 5.75 Å². The van der Waals surface area contributed by atoms with E-state index in [1.54, 1.807) is 23.9 Å². The summed E-state index contributed by atoms with van der Waals surface area (Å²) in [4.78, 5) is 11.2. The van der Waals surface area contributed by atoms with Gasteiger partial charge in [-0.1, -0.05) is 42.1 Å². The Morgan fingerprint density at radius 1 is 1.24 bits per heavy atom. The highest BCUT2D eigenvalue weighted by Gasteiger charge is 2.11. The maximum atomic E-state index is 11.2. The Balaban J connectivity index is 1.96. The minimum Gasteiger partial charge on any atom is -0.463 e. The number of hydrogen-bond acceptors (Lipinski definition) is 4. The molecule has 0 aliphatic heterocycles. The lowest BCUT2D eigenvalue weighted by Crippen LogP contribution is -1.97. The Labute approximate surface area is 104 Å². The van der Waals surface area contributed by atoms with E-state index in [2.05, 4.69) is 16.9 Å². The van der Waals surface area contributed by atoms with Crippen LogP contribution in [0.5, 0.6) is 0 Å². The molecule has 2 aromatic rings. The van der Waals surface area contributed by atoms with Gasteiger partial charge in [0.15, 0.2) is 5.09 Å². The number of carbonyl (C=O) groups excluding carboxylic acids is 1. The third-order valence-corrected chi connectivity index (χ3v) is 3.17. The van der Waals surface area contributed by atoms with Crippen LogP contribution in [0.25, 0.3) is 0 Å². The van der Waals surface area contributed by atoms with Gasteiger partial charge >= 0.3 is 5.97 Å². The highest BCUT2D eigenvalue weighted by atomic mass is 32.2. The molecule has 2 rings (SSSR count). The standard InChI is InChI=1S/C13H12O3S/c1-15-13(14)11-7-8-12(16-11)17-9-10-5-3-2-4-6-10/h2-8H,9H2,1H3. The average Bonchev–Trinajstić information content (AvgIpc) is 2.85. The molecule has 1 heterocycles. The van der Waals surface area contributed by atoms with E-state index in [1.807, 2.05) is 18.2 Å². The Hall–Kier alpha value is -1.68. The number of thioether (sulfide) groups is 1. The topological polar surface area (TPSA) is 39.4 Å². The third kappa shape index (κ3) is 3.14. The van der Waals surface area contributed by atoms with Crippen LogP contribution in [-0.4, -0.2) is 13.1 Å². The van der Waals surface area contributed by atoms with Crippen LogP contribution in [0.15, 0.2) is 52.0 Å². The molecule has 88 valence electrons. The zero-order valence-corrected chi connectivity index (χ0v) is 10.2. The molecule has 1 aromatic heterocycles. The molecule has 3 nitrogen and oxygen atoms in total. The predicted molar refractivity (Wildman–Crippen MR) is 66.1 cm³/mol. The number of ether oxygens (including phenoxy) is 1. The molecule has 0 aliphatic rings. The molecule has 0 atom stereocenters. The van der Waals surface area contributed by atoms with Crippen LogP contribution in [0, 0.1) is 0 Å². The van der Waals surface area contributed by atoms with Crippen LogP contribution in [0.4, 0.5) is 0 Å². The van der Waals surface area contributed by atoms with Gasteiger partial charge in [0, 0.05) is 5.75 Å². The van der Waals surface area contributed by atoms with Gasteiger partial charge in [0.05, 0.1) is 7.11 Å². The molecule has 0 unspecified atom stereocenters. The predicted octanol–water partition coefficient (Wildman–Crippen LogP) is 3.36. The summed E-state index contributed by atoms with van der Waals surface area (Å²) >= 11 is 1.55. The third-order valence-electron chi connectivity index (χ3n) is 2.19. The van der Waals surface area contributed by atoms with Gasteiger partial charge in [-0.05, 0) is 17.7 Å². The molecule has 4 heteroatoms. The summed E-state index contributed by atoms with van der Waals surface area (Å²) in [5.74, 6) is 0.606. The first-order valence-electron chi connectivity index (χ1n) is 5.14. The molecule has 0 fully saturated rings. The van der Waals surface area contributed by atoms with E-state index >= 15 is 0 Å². The molecular formula is C13H12O3S. The van der Waals surface area contributed by atoms with Crippen molar-refractivity contribution in [3.8, 4) is 0 Å². The second-order valence-electron chi connectivity index (χ2n) is 3.38. The van der Waals surface area contributed by atoms with Crippen molar-refractivity contribution in [3.05, 3.63) is 53.8 Å². The molecule has 0 aliphatic carbocycles. The summed E-state index contributed by atoms with van der Waals surface area (Å²) in [5.41, 5.74) is 1.22. The van der Waals surface area contributed by atoms with Crippen molar-refractivity contribution in [2.24, 2.45) is 0 Å². The van der Waals surface area contributed by atoms with Crippen molar-refractivity contribution in [1.29, 1.82) is 0 Å². The lowest BCUT2D eigenvalue weighted by Gasteiger charge is -1.98. The monoisotopic (exact) mass is 248 g/mol. The highest BCUT2D eigenvalue weighted by molar-refractivity contribution is 7.98. The fourth-order valence-electron chi connectivity index (χ4n) is 1.34. The first-order chi connectivity index (χ1) is 8.29. The zero-order chi connectivity index (χ0) is 12.1. The van der Waals surface area contributed by atoms with Gasteiger partial charge < -0.3 is 9.15 Å². The SMILES string of the molecule is COC(=O)c1ccc(SCc2ccccc2)o1. The largest absolute Gasteiger partial charge is 0.463 e. The molecule has 0 N–H and O–H groups in total. The maximum Gasteiger partial charge on any atom is 0.373 e. The van der Waals surface area contributed by atoms with Gasteiger partial charge in [-0.15, -0.1) is 0 Å². The van der Waals surface area contributed by atoms with E-state index in [-0.39, 0.29) is 5.76 Å². The number of hydrogen-bond donors (Lipinski definition) is 0. The van der Waals surface area contributed by atoms with E-state index in [4.69, 9.17) is 4.42 Å². The van der Waals surface area contributed by atoms with Crippen molar-refractivity contribution in [3.63, 3.8) is 0 Å². The summed E-state index contributed by atoms with van der Waals surface area (Å²) in [7, 11) is 1.33. The van der Waals surface area contributed by atoms with Crippen molar-refractivity contribution in [2.45, 2.75) is 10.8 Å². The van der Waals surface area contributed by atoms with E-state index in [9.17, 15) is 4.79 Å². The number of esters is 1. The number of benzene rings is 1. The maximum absolute atomic E-state index is 11.2. The summed E-state index contributed by atoms with van der Waals surface area (Å²) < 4.78 is 9.92. The normalized spacial score (nSPS) is 10.2. The summed E-state index contributed by atoms with van der Waals surface area (Å²) in [6, 6.07) is 13.5. The highest BCUT2D eigenvalue weighted by Crippen LogP contribution is 2.25. The zero-order valence-electron chi connectivity index (χ0n) is 9.38. The Morgan fingerprint density at radius 3 is 2.71 bits per heavy atom. The van der Waals surface area contributed by atoms with Crippen LogP contribution in [0.1, 0.15) is 16.1 Å². The lowest BCUT2D eigenvalue weighted by atomic mass is 10.2. The van der Waals surface area contributed by atoms with Gasteiger partial charge in [-0.2, -0.15) is 0 Å². The Bertz CT molecular complexity index is 490. The van der Waals surface area contributed by atoms with Gasteiger partial charge in [0.1, 0.15) is 0 Å². The van der Waals surface area contributed by atoms with E-state index in [0.29, 0.717) is 5.09 Å². The Kier molecular flexibility index (Phi) is 3.88. The molecule has 17 heavy (non-hydrogen) atoms. The van der Waals surface area contributed by atoms with Gasteiger partial charge in [0.2, 0.25) is 5.76 Å². The lowest BCUT2D eigenvalue weighted by molar-refractivity contribution is 0.0559. The average molecular weight is 248 g/mol. The van der Waals surface area contributed by atoms with Crippen molar-refractivity contribution in [2.75, 3.05) is 7.11 Å². The fraction of sp³-hybridized carbons (Fsp3) is 0.154. The van der Waals surface area contributed by atoms with Crippen LogP contribution in [0.2, 0.25) is 0 Å². The van der Waals surface area contributed by atoms with Crippen molar-refractivity contribution < 1.29 is 13.9 Å². The second-order valence-corrected chi connectivity index (χ2v) is 4.36. The molecule has 0 spiro atoms. The minimum atomic E-state index is -0.448. The molecular weight excluding hydrogens is 236 g/mol. The summed E-state index contributed by atoms with van der Waals surface area (Å²) in [5, 5.41) is 0.717. The first kappa shape index (κ1) is 11.8. The van der Waals surface area contributed by atoms with Crippen molar-refractivity contribution in [1.82, 2.24) is 0 Å². The van der Waals surface area contributed by atoms with Gasteiger partial charge in [-0.25, -0.2) is 4.79 Å². The Morgan fingerprint density at radius 2 is 2.00 bits per heavy atom. The molecule has 0 amide bonds. The number of carbonyl (C=O) groups is 1. The van der Waals surface area contributed by atoms with Crippen LogP contribution in [-0.2, 0) is 10.5 Å². The van der Waals surface area contributed by atoms with Gasteiger partial charge in [0.25, 0.3) is 0 Å². The number of furan rings is 1. The summed E-state index contributed by atoms with van der Waals surface area (Å²) in [6.45, 7) is 0. The van der Waals surface area contributed by atoms with Crippen LogP contribution < -0.4 is 0 Å². The van der Waals surface area contributed by atoms with E-state index < -0.39 is 5.97 Å². The fourth-order valence-corrected chi connectivity index (χ4v) is 2.15. The molecule has 0 radical (unpaired) electrons. The van der Waals surface area contributed by atoms with Crippen LogP contribution in [0.3, 0.4) is 0 Å². The first-order valence-corrected chi connectivity index (χ1v) is 6.13. The van der Waals surface area contributed by atoms with E-state index in [1.165, 1.54) is 12.7 Å². The van der Waals surface area contributed by atoms with Crippen LogP contribution >= 0.6 is 11.8 Å². The summed E-state index contributed by atoms with van der Waals surface area (Å²) in [6.07, 6.45) is 0. The minimum absolute atomic E-state index is 0.239. The van der Waals surface area contributed by atoms with Gasteiger partial charge in [-0.3, -0.25) is 0 Å². The second kappa shape index (κ2) is 5.59.